The molecule has 4 aromatic rings. The molecule has 1 N–H and O–H groups in total. The smallest absolute Gasteiger partial charge is 0.336 e. The molecule has 0 aliphatic carbocycles. The van der Waals surface area contributed by atoms with Gasteiger partial charge in [0.2, 0.25) is 5.78 Å². The number of ketones is 1. The predicted molar refractivity (Wildman–Crippen MR) is 123 cm³/mol. The molecule has 5 rings (SSSR count). The van der Waals surface area contributed by atoms with E-state index in [-0.39, 0.29) is 28.4 Å². The van der Waals surface area contributed by atoms with Crippen molar-refractivity contribution in [3.8, 4) is 22.6 Å². The highest BCUT2D eigenvalue weighted by atomic mass is 16.5. The van der Waals surface area contributed by atoms with Crippen molar-refractivity contribution in [3.05, 3.63) is 99.9 Å². The molecular weight excluding hydrogens is 404 g/mol. The van der Waals surface area contributed by atoms with Gasteiger partial charge in [0.05, 0.1) is 10.9 Å². The minimum atomic E-state index is -0.712. The van der Waals surface area contributed by atoms with E-state index in [4.69, 9.17) is 9.15 Å². The van der Waals surface area contributed by atoms with Gasteiger partial charge < -0.3 is 14.3 Å². The zero-order valence-electron chi connectivity index (χ0n) is 17.6. The molecule has 1 aromatic heterocycles. The Morgan fingerprint density at radius 2 is 1.62 bits per heavy atom. The largest absolute Gasteiger partial charge is 0.506 e. The molecule has 0 fully saturated rings. The Morgan fingerprint density at radius 1 is 0.969 bits per heavy atom. The summed E-state index contributed by atoms with van der Waals surface area (Å²) in [5, 5.41) is 11.7. The lowest BCUT2D eigenvalue weighted by atomic mass is 9.90. The summed E-state index contributed by atoms with van der Waals surface area (Å²) in [6, 6.07) is 19.3. The molecule has 5 nitrogen and oxygen atoms in total. The van der Waals surface area contributed by atoms with Crippen LogP contribution in [0.25, 0.3) is 28.2 Å². The molecule has 5 heteroatoms. The van der Waals surface area contributed by atoms with Gasteiger partial charge in [-0.05, 0) is 31.6 Å². The maximum absolute atomic E-state index is 13.6. The Balaban J connectivity index is 1.93. The Kier molecular flexibility index (Phi) is 4.48. The fraction of sp³-hybridized carbons (Fsp3) is 0.111. The van der Waals surface area contributed by atoms with E-state index < -0.39 is 11.2 Å². The quantitative estimate of drug-likeness (QED) is 0.343. The maximum atomic E-state index is 13.6. The van der Waals surface area contributed by atoms with E-state index in [1.807, 2.05) is 56.3 Å². The molecule has 0 saturated heterocycles. The lowest BCUT2D eigenvalue weighted by Crippen LogP contribution is -2.29. The van der Waals surface area contributed by atoms with Crippen LogP contribution in [0.4, 0.5) is 0 Å². The van der Waals surface area contributed by atoms with E-state index >= 15 is 0 Å². The summed E-state index contributed by atoms with van der Waals surface area (Å²) in [4.78, 5) is 26.0. The molecule has 0 spiro atoms. The molecular formula is C27H20O5. The third kappa shape index (κ3) is 3.19. The molecule has 3 aromatic carbocycles. The van der Waals surface area contributed by atoms with Crippen LogP contribution in [0, 0.1) is 0 Å². The van der Waals surface area contributed by atoms with Crippen LogP contribution < -0.4 is 10.4 Å². The lowest BCUT2D eigenvalue weighted by molar-refractivity contribution is 0.102. The molecule has 158 valence electrons. The average Bonchev–Trinajstić information content (AvgIpc) is 2.79. The number of benzene rings is 3. The molecule has 0 radical (unpaired) electrons. The van der Waals surface area contributed by atoms with Gasteiger partial charge in [0.1, 0.15) is 22.7 Å². The molecule has 1 aliphatic heterocycles. The SMILES string of the molecule is CC1(C)C=Cc2c(c(C(=O)c3ccccc3)c(O)c3c(-c4ccccc4)cc(=O)oc23)O1. The molecule has 0 bridgehead atoms. The summed E-state index contributed by atoms with van der Waals surface area (Å²) >= 11 is 0. The highest BCUT2D eigenvalue weighted by Crippen LogP contribution is 2.47. The molecule has 0 atom stereocenters. The normalized spacial score (nSPS) is 14.1. The first kappa shape index (κ1) is 19.8. The van der Waals surface area contributed by atoms with E-state index in [2.05, 4.69) is 0 Å². The summed E-state index contributed by atoms with van der Waals surface area (Å²) in [5.74, 6) is -0.455. The second kappa shape index (κ2) is 7.24. The lowest BCUT2D eigenvalue weighted by Gasteiger charge is -2.30. The number of hydrogen-bond acceptors (Lipinski definition) is 5. The Morgan fingerprint density at radius 3 is 2.31 bits per heavy atom. The maximum Gasteiger partial charge on any atom is 0.336 e. The zero-order chi connectivity index (χ0) is 22.5. The van der Waals surface area contributed by atoms with Gasteiger partial charge in [-0.1, -0.05) is 60.7 Å². The third-order valence-electron chi connectivity index (χ3n) is 5.52. The van der Waals surface area contributed by atoms with E-state index in [1.165, 1.54) is 6.07 Å². The molecule has 32 heavy (non-hydrogen) atoms. The van der Waals surface area contributed by atoms with Gasteiger partial charge >= 0.3 is 5.63 Å². The number of hydrogen-bond donors (Lipinski definition) is 1. The van der Waals surface area contributed by atoms with Crippen molar-refractivity contribution in [2.75, 3.05) is 0 Å². The summed E-state index contributed by atoms with van der Waals surface area (Å²) < 4.78 is 11.7. The fourth-order valence-corrected chi connectivity index (χ4v) is 4.02. The van der Waals surface area contributed by atoms with E-state index in [1.54, 1.807) is 30.3 Å². The first-order valence-corrected chi connectivity index (χ1v) is 10.3. The Bertz CT molecular complexity index is 1440. The second-order valence-corrected chi connectivity index (χ2v) is 8.25. The van der Waals surface area contributed by atoms with Crippen LogP contribution in [0.1, 0.15) is 35.3 Å². The van der Waals surface area contributed by atoms with Gasteiger partial charge in [0.25, 0.3) is 0 Å². The van der Waals surface area contributed by atoms with Crippen molar-refractivity contribution in [3.63, 3.8) is 0 Å². The molecule has 0 saturated carbocycles. The average molecular weight is 424 g/mol. The summed E-state index contributed by atoms with van der Waals surface area (Å²) in [6.07, 6.45) is 3.61. The van der Waals surface area contributed by atoms with Crippen molar-refractivity contribution in [1.82, 2.24) is 0 Å². The summed E-state index contributed by atoms with van der Waals surface area (Å²) in [7, 11) is 0. The number of fused-ring (bicyclic) bond motifs is 3. The molecule has 0 amide bonds. The van der Waals surface area contributed by atoms with Crippen LogP contribution in [0.3, 0.4) is 0 Å². The van der Waals surface area contributed by atoms with Crippen LogP contribution in [-0.2, 0) is 0 Å². The first-order valence-electron chi connectivity index (χ1n) is 10.3. The number of phenolic OH excluding ortho intramolecular Hbond substituents is 1. The molecule has 2 heterocycles. The number of carbonyl (C=O) groups is 1. The van der Waals surface area contributed by atoms with Crippen LogP contribution in [-0.4, -0.2) is 16.5 Å². The predicted octanol–water partition coefficient (Wildman–Crippen LogP) is 5.58. The van der Waals surface area contributed by atoms with Crippen molar-refractivity contribution in [2.45, 2.75) is 19.4 Å². The van der Waals surface area contributed by atoms with Crippen molar-refractivity contribution in [1.29, 1.82) is 0 Å². The minimum Gasteiger partial charge on any atom is -0.506 e. The van der Waals surface area contributed by atoms with Crippen LogP contribution in [0.15, 0.2) is 82.0 Å². The fourth-order valence-electron chi connectivity index (χ4n) is 4.02. The van der Waals surface area contributed by atoms with Crippen molar-refractivity contribution in [2.24, 2.45) is 0 Å². The molecule has 1 aliphatic rings. The highest BCUT2D eigenvalue weighted by molar-refractivity contribution is 6.18. The van der Waals surface area contributed by atoms with E-state index in [0.29, 0.717) is 22.1 Å². The van der Waals surface area contributed by atoms with E-state index in [9.17, 15) is 14.7 Å². The van der Waals surface area contributed by atoms with Crippen LogP contribution in [0.5, 0.6) is 11.5 Å². The first-order chi connectivity index (χ1) is 15.4. The second-order valence-electron chi connectivity index (χ2n) is 8.25. The van der Waals surface area contributed by atoms with Gasteiger partial charge in [-0.3, -0.25) is 4.79 Å². The minimum absolute atomic E-state index is 0.0437. The number of rotatable bonds is 3. The topological polar surface area (TPSA) is 76.7 Å². The number of carbonyl (C=O) groups excluding carboxylic acids is 1. The standard InChI is InChI=1S/C27H20O5/c1-27(2)14-13-18-25-21(19(15-20(28)31-25)16-9-5-3-6-10-16)24(30)22(26(18)32-27)23(29)17-11-7-4-8-12-17/h3-15,30H,1-2H3. The van der Waals surface area contributed by atoms with Gasteiger partial charge in [-0.15, -0.1) is 0 Å². The van der Waals surface area contributed by atoms with Gasteiger partial charge in [0, 0.05) is 17.2 Å². The highest BCUT2D eigenvalue weighted by Gasteiger charge is 2.33. The number of aromatic hydroxyl groups is 1. The summed E-state index contributed by atoms with van der Waals surface area (Å²) in [6.45, 7) is 3.70. The van der Waals surface area contributed by atoms with E-state index in [0.717, 1.165) is 5.56 Å². The van der Waals surface area contributed by atoms with Crippen molar-refractivity contribution < 1.29 is 19.1 Å². The van der Waals surface area contributed by atoms with Crippen LogP contribution >= 0.6 is 0 Å². The summed E-state index contributed by atoms with van der Waals surface area (Å²) in [5.41, 5.74) is 1.03. The van der Waals surface area contributed by atoms with Crippen LogP contribution in [0.2, 0.25) is 0 Å². The third-order valence-corrected chi connectivity index (χ3v) is 5.52. The Hall–Kier alpha value is -4.12. The van der Waals surface area contributed by atoms with Gasteiger partial charge in [0.15, 0.2) is 5.58 Å². The van der Waals surface area contributed by atoms with Crippen molar-refractivity contribution >= 4 is 22.8 Å². The van der Waals surface area contributed by atoms with Gasteiger partial charge in [-0.2, -0.15) is 0 Å². The molecule has 0 unspecified atom stereocenters. The van der Waals surface area contributed by atoms with Gasteiger partial charge in [-0.25, -0.2) is 4.79 Å². The number of ether oxygens (including phenoxy) is 1. The monoisotopic (exact) mass is 424 g/mol. The number of phenols is 1. The Labute approximate surface area is 184 Å². The zero-order valence-corrected chi connectivity index (χ0v) is 17.6.